The van der Waals surface area contributed by atoms with E-state index < -0.39 is 0 Å². The first-order chi connectivity index (χ1) is 10.5. The molecular formula is C15H21Cl2N3O2. The number of benzene rings is 1. The first-order valence-corrected chi connectivity index (χ1v) is 8.02. The first-order valence-electron chi connectivity index (χ1n) is 7.26. The van der Waals surface area contributed by atoms with Gasteiger partial charge in [-0.1, -0.05) is 29.3 Å². The largest absolute Gasteiger partial charge is 0.380 e. The lowest BCUT2D eigenvalue weighted by Gasteiger charge is -2.19. The maximum Gasteiger partial charge on any atom is 0.315 e. The van der Waals surface area contributed by atoms with Crippen molar-refractivity contribution in [1.82, 2.24) is 15.5 Å². The third kappa shape index (κ3) is 5.65. The van der Waals surface area contributed by atoms with E-state index in [0.717, 1.165) is 25.3 Å². The SMILES string of the molecule is CN1CCOCC(CNC(=O)NCc2ccc(Cl)cc2Cl)C1. The molecule has 1 aliphatic rings. The van der Waals surface area contributed by atoms with Crippen molar-refractivity contribution < 1.29 is 9.53 Å². The zero-order chi connectivity index (χ0) is 15.9. The minimum Gasteiger partial charge on any atom is -0.380 e. The molecule has 0 aliphatic carbocycles. The van der Waals surface area contributed by atoms with Gasteiger partial charge in [0.15, 0.2) is 0 Å². The molecule has 1 aromatic carbocycles. The molecule has 0 spiro atoms. The van der Waals surface area contributed by atoms with Crippen LogP contribution >= 0.6 is 23.2 Å². The van der Waals surface area contributed by atoms with Crippen LogP contribution in [0.5, 0.6) is 0 Å². The van der Waals surface area contributed by atoms with Crippen molar-refractivity contribution in [3.05, 3.63) is 33.8 Å². The van der Waals surface area contributed by atoms with Crippen LogP contribution in [0.2, 0.25) is 10.0 Å². The van der Waals surface area contributed by atoms with Crippen molar-refractivity contribution in [3.63, 3.8) is 0 Å². The molecule has 122 valence electrons. The highest BCUT2D eigenvalue weighted by Gasteiger charge is 2.16. The van der Waals surface area contributed by atoms with Crippen molar-refractivity contribution in [2.24, 2.45) is 5.92 Å². The van der Waals surface area contributed by atoms with Crippen molar-refractivity contribution in [3.8, 4) is 0 Å². The average molecular weight is 346 g/mol. The van der Waals surface area contributed by atoms with Crippen molar-refractivity contribution in [2.75, 3.05) is 39.9 Å². The zero-order valence-corrected chi connectivity index (χ0v) is 14.1. The fourth-order valence-electron chi connectivity index (χ4n) is 2.32. The molecule has 2 rings (SSSR count). The number of rotatable bonds is 4. The van der Waals surface area contributed by atoms with Gasteiger partial charge >= 0.3 is 6.03 Å². The summed E-state index contributed by atoms with van der Waals surface area (Å²) < 4.78 is 5.52. The number of amides is 2. The molecule has 0 radical (unpaired) electrons. The second kappa shape index (κ2) is 8.58. The molecule has 7 heteroatoms. The monoisotopic (exact) mass is 345 g/mol. The number of hydrogen-bond acceptors (Lipinski definition) is 3. The smallest absolute Gasteiger partial charge is 0.315 e. The number of carbonyl (C=O) groups excluding carboxylic acids is 1. The number of ether oxygens (including phenoxy) is 1. The molecular weight excluding hydrogens is 325 g/mol. The minimum absolute atomic E-state index is 0.210. The second-order valence-corrected chi connectivity index (χ2v) is 6.35. The molecule has 22 heavy (non-hydrogen) atoms. The van der Waals surface area contributed by atoms with E-state index in [4.69, 9.17) is 27.9 Å². The van der Waals surface area contributed by atoms with Gasteiger partial charge in [0.25, 0.3) is 0 Å². The predicted octanol–water partition coefficient (Wildman–Crippen LogP) is 2.37. The molecule has 1 aromatic rings. The van der Waals surface area contributed by atoms with Gasteiger partial charge < -0.3 is 20.3 Å². The van der Waals surface area contributed by atoms with Crippen molar-refractivity contribution >= 4 is 29.2 Å². The second-order valence-electron chi connectivity index (χ2n) is 5.50. The number of halogens is 2. The Balaban J connectivity index is 1.73. The Morgan fingerprint density at radius 3 is 3.00 bits per heavy atom. The van der Waals surface area contributed by atoms with E-state index in [9.17, 15) is 4.79 Å². The molecule has 1 atom stereocenters. The first kappa shape index (κ1) is 17.3. The lowest BCUT2D eigenvalue weighted by molar-refractivity contribution is 0.122. The van der Waals surface area contributed by atoms with Crippen LogP contribution in [0.3, 0.4) is 0 Å². The van der Waals surface area contributed by atoms with Gasteiger partial charge in [0.2, 0.25) is 0 Å². The van der Waals surface area contributed by atoms with Crippen LogP contribution in [0, 0.1) is 5.92 Å². The van der Waals surface area contributed by atoms with E-state index in [2.05, 4.69) is 22.6 Å². The number of urea groups is 1. The van der Waals surface area contributed by atoms with Crippen LogP contribution in [0.25, 0.3) is 0 Å². The van der Waals surface area contributed by atoms with Crippen LogP contribution in [0.15, 0.2) is 18.2 Å². The zero-order valence-electron chi connectivity index (χ0n) is 12.6. The van der Waals surface area contributed by atoms with E-state index in [-0.39, 0.29) is 6.03 Å². The maximum atomic E-state index is 11.9. The van der Waals surface area contributed by atoms with Gasteiger partial charge in [0.1, 0.15) is 0 Å². The Morgan fingerprint density at radius 1 is 1.41 bits per heavy atom. The van der Waals surface area contributed by atoms with E-state index in [0.29, 0.717) is 35.7 Å². The third-order valence-electron chi connectivity index (χ3n) is 3.55. The molecule has 1 saturated heterocycles. The highest BCUT2D eigenvalue weighted by molar-refractivity contribution is 6.35. The fourth-order valence-corrected chi connectivity index (χ4v) is 2.79. The van der Waals surface area contributed by atoms with Crippen LogP contribution < -0.4 is 10.6 Å². The molecule has 5 nitrogen and oxygen atoms in total. The number of nitrogens with zero attached hydrogens (tertiary/aromatic N) is 1. The number of nitrogens with one attached hydrogen (secondary N) is 2. The Kier molecular flexibility index (Phi) is 6.76. The summed E-state index contributed by atoms with van der Waals surface area (Å²) in [7, 11) is 2.06. The summed E-state index contributed by atoms with van der Waals surface area (Å²) in [5.41, 5.74) is 0.832. The summed E-state index contributed by atoms with van der Waals surface area (Å²) in [6, 6.07) is 5.01. The Hall–Kier alpha value is -1.01. The highest BCUT2D eigenvalue weighted by Crippen LogP contribution is 2.20. The van der Waals surface area contributed by atoms with Crippen molar-refractivity contribution in [1.29, 1.82) is 0 Å². The Bertz CT molecular complexity index is 514. The quantitative estimate of drug-likeness (QED) is 0.880. The third-order valence-corrected chi connectivity index (χ3v) is 4.13. The normalized spacial score (nSPS) is 19.5. The molecule has 1 heterocycles. The van der Waals surface area contributed by atoms with Gasteiger partial charge in [-0.3, -0.25) is 0 Å². The standard InChI is InChI=1S/C15H21Cl2N3O2/c1-20-4-5-22-10-11(9-20)7-18-15(21)19-8-12-2-3-13(16)6-14(12)17/h2-3,6,11H,4-5,7-10H2,1H3,(H2,18,19,21). The lowest BCUT2D eigenvalue weighted by atomic mass is 10.1. The van der Waals surface area contributed by atoms with E-state index in [1.54, 1.807) is 18.2 Å². The molecule has 2 amide bonds. The van der Waals surface area contributed by atoms with Gasteiger partial charge in [-0.15, -0.1) is 0 Å². The van der Waals surface area contributed by atoms with Gasteiger partial charge in [0, 0.05) is 42.1 Å². The summed E-state index contributed by atoms with van der Waals surface area (Å²) in [6.45, 7) is 4.22. The summed E-state index contributed by atoms with van der Waals surface area (Å²) in [4.78, 5) is 14.1. The van der Waals surface area contributed by atoms with Crippen LogP contribution in [-0.2, 0) is 11.3 Å². The number of likely N-dealkylation sites (N-methyl/N-ethyl adjacent to an activating group) is 1. The highest BCUT2D eigenvalue weighted by atomic mass is 35.5. The van der Waals surface area contributed by atoms with Gasteiger partial charge in [-0.25, -0.2) is 4.79 Å². The Labute approximate surface area is 140 Å². The van der Waals surface area contributed by atoms with E-state index in [1.807, 2.05) is 0 Å². The van der Waals surface area contributed by atoms with Crippen LogP contribution in [0.1, 0.15) is 5.56 Å². The molecule has 0 bridgehead atoms. The lowest BCUT2D eigenvalue weighted by Crippen LogP contribution is -2.40. The minimum atomic E-state index is -0.210. The predicted molar refractivity (Wildman–Crippen MR) is 88.5 cm³/mol. The van der Waals surface area contributed by atoms with Gasteiger partial charge in [-0.2, -0.15) is 0 Å². The average Bonchev–Trinajstić information content (AvgIpc) is 2.68. The van der Waals surface area contributed by atoms with Crippen molar-refractivity contribution in [2.45, 2.75) is 6.54 Å². The number of carbonyl (C=O) groups is 1. The molecule has 1 aliphatic heterocycles. The number of hydrogen-bond donors (Lipinski definition) is 2. The Morgan fingerprint density at radius 2 is 2.23 bits per heavy atom. The van der Waals surface area contributed by atoms with Gasteiger partial charge in [-0.05, 0) is 24.7 Å². The summed E-state index contributed by atoms with van der Waals surface area (Å²) in [5, 5.41) is 6.80. The molecule has 1 unspecified atom stereocenters. The van der Waals surface area contributed by atoms with Crippen LogP contribution in [-0.4, -0.2) is 50.8 Å². The molecule has 1 fully saturated rings. The van der Waals surface area contributed by atoms with E-state index in [1.165, 1.54) is 0 Å². The molecule has 0 saturated carbocycles. The molecule has 0 aromatic heterocycles. The summed E-state index contributed by atoms with van der Waals surface area (Å²) in [5.74, 6) is 0.303. The maximum absolute atomic E-state index is 11.9. The topological polar surface area (TPSA) is 53.6 Å². The molecule has 2 N–H and O–H groups in total. The van der Waals surface area contributed by atoms with E-state index >= 15 is 0 Å². The van der Waals surface area contributed by atoms with Crippen LogP contribution in [0.4, 0.5) is 4.79 Å². The fraction of sp³-hybridized carbons (Fsp3) is 0.533. The summed E-state index contributed by atoms with van der Waals surface area (Å²) >= 11 is 11.9. The van der Waals surface area contributed by atoms with Gasteiger partial charge in [0.05, 0.1) is 13.2 Å². The summed E-state index contributed by atoms with van der Waals surface area (Å²) in [6.07, 6.45) is 0.